The van der Waals surface area contributed by atoms with Crippen LogP contribution in [0.1, 0.15) is 11.1 Å². The molecule has 2 aromatic carbocycles. The van der Waals surface area contributed by atoms with Gasteiger partial charge in [0.25, 0.3) is 0 Å². The van der Waals surface area contributed by atoms with Gasteiger partial charge in [-0.2, -0.15) is 0 Å². The van der Waals surface area contributed by atoms with Crippen LogP contribution < -0.4 is 4.74 Å². The monoisotopic (exact) mass is 383 g/mol. The van der Waals surface area contributed by atoms with Crippen LogP contribution >= 0.6 is 15.9 Å². The van der Waals surface area contributed by atoms with Gasteiger partial charge in [0.1, 0.15) is 5.75 Å². The van der Waals surface area contributed by atoms with Crippen molar-refractivity contribution in [2.45, 2.75) is 0 Å². The molecule has 3 rings (SSSR count). The first-order valence-electron chi connectivity index (χ1n) is 7.25. The SMILES string of the molecule is COc1ccc(Br)cc1C1=N/C(=C/C=C/c2ccccc2)C(=O)O1. The third-order valence-corrected chi connectivity index (χ3v) is 3.85. The molecule has 0 saturated heterocycles. The second-order valence-corrected chi connectivity index (χ2v) is 5.89. The van der Waals surface area contributed by atoms with Crippen LogP contribution in [-0.2, 0) is 9.53 Å². The highest BCUT2D eigenvalue weighted by Crippen LogP contribution is 2.27. The van der Waals surface area contributed by atoms with Gasteiger partial charge in [0.15, 0.2) is 5.70 Å². The highest BCUT2D eigenvalue weighted by Gasteiger charge is 2.25. The van der Waals surface area contributed by atoms with Crippen molar-refractivity contribution >= 4 is 33.9 Å². The second kappa shape index (κ2) is 7.27. The minimum atomic E-state index is -0.482. The van der Waals surface area contributed by atoms with Crippen molar-refractivity contribution in [1.29, 1.82) is 0 Å². The van der Waals surface area contributed by atoms with Gasteiger partial charge in [-0.3, -0.25) is 0 Å². The maximum absolute atomic E-state index is 12.0. The standard InChI is InChI=1S/C19H14BrNO3/c1-23-17-11-10-14(20)12-15(17)18-21-16(19(22)24-18)9-5-8-13-6-3-2-4-7-13/h2-12H,1H3/b8-5+,16-9+. The summed E-state index contributed by atoms with van der Waals surface area (Å²) < 4.78 is 11.4. The Hall–Kier alpha value is -2.66. The van der Waals surface area contributed by atoms with Gasteiger partial charge in [0.2, 0.25) is 5.90 Å². The van der Waals surface area contributed by atoms with E-state index < -0.39 is 5.97 Å². The van der Waals surface area contributed by atoms with Gasteiger partial charge in [-0.15, -0.1) is 0 Å². The van der Waals surface area contributed by atoms with E-state index in [4.69, 9.17) is 9.47 Å². The minimum Gasteiger partial charge on any atom is -0.496 e. The van der Waals surface area contributed by atoms with E-state index in [1.807, 2.05) is 42.5 Å². The van der Waals surface area contributed by atoms with Crippen LogP contribution in [0.4, 0.5) is 0 Å². The molecule has 120 valence electrons. The number of rotatable bonds is 4. The molecule has 1 aliphatic heterocycles. The summed E-state index contributed by atoms with van der Waals surface area (Å²) in [6.45, 7) is 0. The molecule has 0 aliphatic carbocycles. The summed E-state index contributed by atoms with van der Waals surface area (Å²) in [6.07, 6.45) is 5.30. The highest BCUT2D eigenvalue weighted by molar-refractivity contribution is 9.10. The third-order valence-electron chi connectivity index (χ3n) is 3.35. The molecule has 4 nitrogen and oxygen atoms in total. The molecular formula is C19H14BrNO3. The number of methoxy groups -OCH3 is 1. The summed E-state index contributed by atoms with van der Waals surface area (Å²) in [4.78, 5) is 16.3. The Morgan fingerprint density at radius 3 is 2.71 bits per heavy atom. The normalized spacial score (nSPS) is 15.7. The quantitative estimate of drug-likeness (QED) is 0.582. The Kier molecular flexibility index (Phi) is 4.91. The Morgan fingerprint density at radius 1 is 1.17 bits per heavy atom. The number of nitrogens with zero attached hydrogens (tertiary/aromatic N) is 1. The fourth-order valence-electron chi connectivity index (χ4n) is 2.20. The van der Waals surface area contributed by atoms with Crippen LogP contribution in [0.3, 0.4) is 0 Å². The van der Waals surface area contributed by atoms with Crippen molar-refractivity contribution in [3.63, 3.8) is 0 Å². The van der Waals surface area contributed by atoms with Crippen molar-refractivity contribution in [1.82, 2.24) is 0 Å². The second-order valence-electron chi connectivity index (χ2n) is 4.97. The third kappa shape index (κ3) is 3.63. The molecule has 0 amide bonds. The molecule has 0 saturated carbocycles. The van der Waals surface area contributed by atoms with Gasteiger partial charge in [-0.1, -0.05) is 58.4 Å². The van der Waals surface area contributed by atoms with Gasteiger partial charge < -0.3 is 9.47 Å². The molecule has 0 aromatic heterocycles. The number of allylic oxidation sites excluding steroid dienone is 2. The number of hydrogen-bond donors (Lipinski definition) is 0. The zero-order valence-corrected chi connectivity index (χ0v) is 14.5. The molecule has 0 spiro atoms. The van der Waals surface area contributed by atoms with Crippen LogP contribution in [0.2, 0.25) is 0 Å². The highest BCUT2D eigenvalue weighted by atomic mass is 79.9. The van der Waals surface area contributed by atoms with Crippen LogP contribution in [-0.4, -0.2) is 19.0 Å². The average molecular weight is 384 g/mol. The minimum absolute atomic E-state index is 0.234. The molecule has 1 heterocycles. The average Bonchev–Trinajstić information content (AvgIpc) is 2.97. The van der Waals surface area contributed by atoms with Crippen LogP contribution in [0.5, 0.6) is 5.75 Å². The summed E-state index contributed by atoms with van der Waals surface area (Å²) in [5.41, 5.74) is 1.91. The number of benzene rings is 2. The summed E-state index contributed by atoms with van der Waals surface area (Å²) in [7, 11) is 1.56. The van der Waals surface area contributed by atoms with Crippen molar-refractivity contribution < 1.29 is 14.3 Å². The van der Waals surface area contributed by atoms with E-state index in [0.29, 0.717) is 11.3 Å². The fraction of sp³-hybridized carbons (Fsp3) is 0.0526. The number of esters is 1. The molecule has 5 heteroatoms. The van der Waals surface area contributed by atoms with E-state index in [0.717, 1.165) is 10.0 Å². The van der Waals surface area contributed by atoms with E-state index in [-0.39, 0.29) is 11.6 Å². The summed E-state index contributed by atoms with van der Waals surface area (Å²) in [5, 5.41) is 0. The first-order valence-corrected chi connectivity index (χ1v) is 8.05. The maximum atomic E-state index is 12.0. The van der Waals surface area contributed by atoms with Gasteiger partial charge >= 0.3 is 5.97 Å². The molecule has 1 aliphatic rings. The maximum Gasteiger partial charge on any atom is 0.363 e. The molecule has 2 aromatic rings. The number of hydrogen-bond acceptors (Lipinski definition) is 4. The zero-order chi connectivity index (χ0) is 16.9. The first-order chi connectivity index (χ1) is 11.7. The van der Waals surface area contributed by atoms with Crippen LogP contribution in [0.25, 0.3) is 6.08 Å². The summed E-state index contributed by atoms with van der Waals surface area (Å²) in [5.74, 6) is 0.341. The Labute approximate surface area is 148 Å². The Balaban J connectivity index is 1.87. The number of ether oxygens (including phenoxy) is 2. The summed E-state index contributed by atoms with van der Waals surface area (Å²) in [6, 6.07) is 15.2. The Morgan fingerprint density at radius 2 is 1.96 bits per heavy atom. The van der Waals surface area contributed by atoms with Crippen LogP contribution in [0, 0.1) is 0 Å². The van der Waals surface area contributed by atoms with E-state index in [1.54, 1.807) is 31.4 Å². The van der Waals surface area contributed by atoms with E-state index in [2.05, 4.69) is 20.9 Å². The largest absolute Gasteiger partial charge is 0.496 e. The molecule has 0 N–H and O–H groups in total. The number of carbonyl (C=O) groups excluding carboxylic acids is 1. The molecule has 0 unspecified atom stereocenters. The van der Waals surface area contributed by atoms with Gasteiger partial charge in [-0.25, -0.2) is 9.79 Å². The number of halogens is 1. The lowest BCUT2D eigenvalue weighted by Crippen LogP contribution is -2.07. The predicted molar refractivity (Wildman–Crippen MR) is 96.9 cm³/mol. The zero-order valence-electron chi connectivity index (χ0n) is 12.9. The number of cyclic esters (lactones) is 1. The van der Waals surface area contributed by atoms with Gasteiger partial charge in [0, 0.05) is 4.47 Å². The number of aliphatic imine (C=N–C) groups is 1. The Bertz CT molecular complexity index is 854. The molecule has 0 bridgehead atoms. The summed E-state index contributed by atoms with van der Waals surface area (Å²) >= 11 is 3.39. The van der Waals surface area contributed by atoms with Crippen molar-refractivity contribution in [2.75, 3.05) is 7.11 Å². The van der Waals surface area contributed by atoms with Gasteiger partial charge in [-0.05, 0) is 29.8 Å². The van der Waals surface area contributed by atoms with Crippen molar-refractivity contribution in [3.8, 4) is 5.75 Å². The van der Waals surface area contributed by atoms with Gasteiger partial charge in [0.05, 0.1) is 12.7 Å². The molecule has 0 atom stereocenters. The lowest BCUT2D eigenvalue weighted by atomic mass is 10.2. The molecular weight excluding hydrogens is 370 g/mol. The van der Waals surface area contributed by atoms with E-state index in [1.165, 1.54) is 0 Å². The molecule has 0 radical (unpaired) electrons. The lowest BCUT2D eigenvalue weighted by Gasteiger charge is -2.07. The predicted octanol–water partition coefficient (Wildman–Crippen LogP) is 4.36. The van der Waals surface area contributed by atoms with E-state index >= 15 is 0 Å². The lowest BCUT2D eigenvalue weighted by molar-refractivity contribution is -0.130. The molecule has 24 heavy (non-hydrogen) atoms. The van der Waals surface area contributed by atoms with Crippen LogP contribution in [0.15, 0.2) is 75.8 Å². The topological polar surface area (TPSA) is 47.9 Å². The van der Waals surface area contributed by atoms with E-state index in [9.17, 15) is 4.79 Å². The first kappa shape index (κ1) is 16.2. The number of carbonyl (C=O) groups is 1. The van der Waals surface area contributed by atoms with Crippen molar-refractivity contribution in [2.24, 2.45) is 4.99 Å². The molecule has 0 fully saturated rings. The smallest absolute Gasteiger partial charge is 0.363 e. The fourth-order valence-corrected chi connectivity index (χ4v) is 2.56. The van der Waals surface area contributed by atoms with Crippen molar-refractivity contribution in [3.05, 3.63) is 82.0 Å².